The summed E-state index contributed by atoms with van der Waals surface area (Å²) in [5.41, 5.74) is 2.45. The summed E-state index contributed by atoms with van der Waals surface area (Å²) >= 11 is 0. The predicted molar refractivity (Wildman–Crippen MR) is 79.2 cm³/mol. The molecule has 1 N–H and O–H groups in total. The SMILES string of the molecule is CCOC(=O)[C@@H]1[C@@H]2CCCO[C@H]2[C@H]2c3ccccc3N[C@@H]12. The van der Waals surface area contributed by atoms with E-state index in [0.717, 1.165) is 25.1 Å². The van der Waals surface area contributed by atoms with Gasteiger partial charge < -0.3 is 14.8 Å². The molecule has 0 aromatic heterocycles. The number of esters is 1. The van der Waals surface area contributed by atoms with Crippen molar-refractivity contribution in [1.29, 1.82) is 0 Å². The second-order valence-electron chi connectivity index (χ2n) is 6.20. The van der Waals surface area contributed by atoms with Crippen LogP contribution >= 0.6 is 0 Å². The molecule has 2 aliphatic heterocycles. The van der Waals surface area contributed by atoms with Crippen molar-refractivity contribution in [2.45, 2.75) is 37.8 Å². The van der Waals surface area contributed by atoms with Crippen molar-refractivity contribution in [1.82, 2.24) is 0 Å². The fourth-order valence-electron chi connectivity index (χ4n) is 4.48. The van der Waals surface area contributed by atoms with Crippen molar-refractivity contribution in [3.8, 4) is 0 Å². The summed E-state index contributed by atoms with van der Waals surface area (Å²) in [6, 6.07) is 8.47. The lowest BCUT2D eigenvalue weighted by atomic mass is 9.87. The lowest BCUT2D eigenvalue weighted by Crippen LogP contribution is -2.36. The molecule has 1 saturated carbocycles. The Balaban J connectivity index is 1.72. The zero-order valence-corrected chi connectivity index (χ0v) is 12.2. The number of carbonyl (C=O) groups is 1. The lowest BCUT2D eigenvalue weighted by molar-refractivity contribution is -0.151. The number of fused-ring (bicyclic) bond motifs is 5. The standard InChI is InChI=1S/C17H21NO3/c1-2-20-17(19)14-11-7-5-9-21-16(11)13-10-6-3-4-8-12(10)18-15(13)14/h3-4,6,8,11,13-16,18H,2,5,7,9H2,1H3/t11-,13-,14+,15+,16+/m0/s1. The quantitative estimate of drug-likeness (QED) is 0.849. The van der Waals surface area contributed by atoms with Gasteiger partial charge in [-0.05, 0) is 31.4 Å². The Kier molecular flexibility index (Phi) is 3.14. The summed E-state index contributed by atoms with van der Waals surface area (Å²) in [5.74, 6) is 0.410. The van der Waals surface area contributed by atoms with Gasteiger partial charge in [-0.1, -0.05) is 18.2 Å². The maximum absolute atomic E-state index is 12.5. The first-order valence-corrected chi connectivity index (χ1v) is 7.95. The van der Waals surface area contributed by atoms with E-state index in [-0.39, 0.29) is 35.9 Å². The van der Waals surface area contributed by atoms with Crippen molar-refractivity contribution in [2.24, 2.45) is 11.8 Å². The van der Waals surface area contributed by atoms with Gasteiger partial charge in [0.2, 0.25) is 0 Å². The van der Waals surface area contributed by atoms with Crippen molar-refractivity contribution >= 4 is 11.7 Å². The van der Waals surface area contributed by atoms with Gasteiger partial charge in [-0.3, -0.25) is 4.79 Å². The van der Waals surface area contributed by atoms with Gasteiger partial charge in [0.05, 0.1) is 18.6 Å². The number of hydrogen-bond donors (Lipinski definition) is 1. The smallest absolute Gasteiger partial charge is 0.311 e. The highest BCUT2D eigenvalue weighted by Gasteiger charge is 2.58. The number of benzene rings is 1. The van der Waals surface area contributed by atoms with Crippen LogP contribution in [-0.4, -0.2) is 31.3 Å². The summed E-state index contributed by atoms with van der Waals surface area (Å²) in [6.07, 6.45) is 2.25. The van der Waals surface area contributed by atoms with E-state index >= 15 is 0 Å². The average Bonchev–Trinajstić information content (AvgIpc) is 3.01. The molecule has 0 spiro atoms. The maximum Gasteiger partial charge on any atom is 0.311 e. The van der Waals surface area contributed by atoms with Gasteiger partial charge in [0.15, 0.2) is 0 Å². The zero-order valence-electron chi connectivity index (χ0n) is 12.2. The second kappa shape index (κ2) is 5.02. The van der Waals surface area contributed by atoms with Crippen LogP contribution in [0.15, 0.2) is 24.3 Å². The van der Waals surface area contributed by atoms with E-state index in [2.05, 4.69) is 23.5 Å². The van der Waals surface area contributed by atoms with E-state index in [9.17, 15) is 4.79 Å². The van der Waals surface area contributed by atoms with Crippen LogP contribution in [0.4, 0.5) is 5.69 Å². The summed E-state index contributed by atoms with van der Waals surface area (Å²) in [4.78, 5) is 12.5. The Morgan fingerprint density at radius 1 is 1.43 bits per heavy atom. The molecule has 0 unspecified atom stereocenters. The van der Waals surface area contributed by atoms with Gasteiger partial charge in [0.25, 0.3) is 0 Å². The maximum atomic E-state index is 12.5. The number of ether oxygens (including phenoxy) is 2. The Labute approximate surface area is 124 Å². The van der Waals surface area contributed by atoms with Crippen LogP contribution in [0.5, 0.6) is 0 Å². The number of hydrogen-bond acceptors (Lipinski definition) is 4. The minimum Gasteiger partial charge on any atom is -0.466 e. The van der Waals surface area contributed by atoms with E-state index in [4.69, 9.17) is 9.47 Å². The van der Waals surface area contributed by atoms with Gasteiger partial charge in [0.1, 0.15) is 0 Å². The summed E-state index contributed by atoms with van der Waals surface area (Å²) in [5, 5.41) is 3.56. The molecule has 112 valence electrons. The topological polar surface area (TPSA) is 47.6 Å². The van der Waals surface area contributed by atoms with Crippen LogP contribution in [0, 0.1) is 11.8 Å². The monoisotopic (exact) mass is 287 g/mol. The molecular weight excluding hydrogens is 266 g/mol. The molecule has 0 bridgehead atoms. The molecule has 2 fully saturated rings. The molecule has 3 aliphatic rings. The van der Waals surface area contributed by atoms with E-state index < -0.39 is 0 Å². The number of rotatable bonds is 2. The normalized spacial score (nSPS) is 36.3. The highest BCUT2D eigenvalue weighted by molar-refractivity contribution is 5.77. The number of carbonyl (C=O) groups excluding carboxylic acids is 1. The third kappa shape index (κ3) is 1.89. The van der Waals surface area contributed by atoms with Crippen LogP contribution < -0.4 is 5.32 Å². The Bertz CT molecular complexity index is 559. The van der Waals surface area contributed by atoms with Crippen molar-refractivity contribution in [2.75, 3.05) is 18.5 Å². The molecule has 1 aromatic rings. The van der Waals surface area contributed by atoms with Gasteiger partial charge in [-0.15, -0.1) is 0 Å². The van der Waals surface area contributed by atoms with Gasteiger partial charge in [0, 0.05) is 30.2 Å². The lowest BCUT2D eigenvalue weighted by Gasteiger charge is -2.31. The van der Waals surface area contributed by atoms with Gasteiger partial charge >= 0.3 is 5.97 Å². The summed E-state index contributed by atoms with van der Waals surface area (Å²) in [6.45, 7) is 3.12. The molecule has 4 heteroatoms. The van der Waals surface area contributed by atoms with Crippen LogP contribution in [-0.2, 0) is 14.3 Å². The van der Waals surface area contributed by atoms with E-state index in [0.29, 0.717) is 6.61 Å². The summed E-state index contributed by atoms with van der Waals surface area (Å²) in [7, 11) is 0. The first-order valence-electron chi connectivity index (χ1n) is 7.95. The van der Waals surface area contributed by atoms with Crippen LogP contribution in [0.3, 0.4) is 0 Å². The zero-order chi connectivity index (χ0) is 14.4. The molecule has 4 nitrogen and oxygen atoms in total. The van der Waals surface area contributed by atoms with Gasteiger partial charge in [-0.2, -0.15) is 0 Å². The highest BCUT2D eigenvalue weighted by Crippen LogP contribution is 2.54. The molecule has 5 atom stereocenters. The highest BCUT2D eigenvalue weighted by atomic mass is 16.5. The molecule has 21 heavy (non-hydrogen) atoms. The van der Waals surface area contributed by atoms with Crippen molar-refractivity contribution in [3.05, 3.63) is 29.8 Å². The van der Waals surface area contributed by atoms with Crippen LogP contribution in [0.25, 0.3) is 0 Å². The average molecular weight is 287 g/mol. The Morgan fingerprint density at radius 3 is 3.14 bits per heavy atom. The minimum atomic E-state index is -0.0901. The van der Waals surface area contributed by atoms with Crippen LogP contribution in [0.2, 0.25) is 0 Å². The fourth-order valence-corrected chi connectivity index (χ4v) is 4.48. The van der Waals surface area contributed by atoms with Crippen LogP contribution in [0.1, 0.15) is 31.2 Å². The largest absolute Gasteiger partial charge is 0.466 e. The Morgan fingerprint density at radius 2 is 2.29 bits per heavy atom. The second-order valence-corrected chi connectivity index (χ2v) is 6.20. The van der Waals surface area contributed by atoms with E-state index in [1.165, 1.54) is 5.56 Å². The first kappa shape index (κ1) is 13.1. The van der Waals surface area contributed by atoms with Gasteiger partial charge in [-0.25, -0.2) is 0 Å². The summed E-state index contributed by atoms with van der Waals surface area (Å²) < 4.78 is 11.4. The molecule has 1 aliphatic carbocycles. The molecule has 1 aromatic carbocycles. The molecule has 1 saturated heterocycles. The molecule has 0 amide bonds. The van der Waals surface area contributed by atoms with Crippen molar-refractivity contribution in [3.63, 3.8) is 0 Å². The molecule has 2 heterocycles. The molecule has 0 radical (unpaired) electrons. The third-order valence-corrected chi connectivity index (χ3v) is 5.20. The number of anilines is 1. The third-order valence-electron chi connectivity index (χ3n) is 5.20. The fraction of sp³-hybridized carbons (Fsp3) is 0.588. The van der Waals surface area contributed by atoms with E-state index in [1.807, 2.05) is 13.0 Å². The van der Waals surface area contributed by atoms with E-state index in [1.54, 1.807) is 0 Å². The minimum absolute atomic E-state index is 0.0641. The predicted octanol–water partition coefficient (Wildman–Crippen LogP) is 2.55. The van der Waals surface area contributed by atoms with Crippen molar-refractivity contribution < 1.29 is 14.3 Å². The molecular formula is C17H21NO3. The number of nitrogens with one attached hydrogen (secondary N) is 1. The number of para-hydroxylation sites is 1. The molecule has 4 rings (SSSR count). The Hall–Kier alpha value is -1.55. The first-order chi connectivity index (χ1) is 10.3.